The van der Waals surface area contributed by atoms with E-state index in [-0.39, 0.29) is 16.8 Å². The molecule has 6 nitrogen and oxygen atoms in total. The number of fused-ring (bicyclic) bond motifs is 2. The molecule has 1 aliphatic heterocycles. The minimum Gasteiger partial charge on any atom is -0.490 e. The smallest absolute Gasteiger partial charge is 0.295 e. The lowest BCUT2D eigenvalue weighted by molar-refractivity contribution is 0.0971. The number of carbonyl (C=O) groups is 1. The zero-order chi connectivity index (χ0) is 25.4. The third kappa shape index (κ3) is 3.93. The molecule has 0 spiro atoms. The SMILES string of the molecule is C=CCOc1ccc(C2c3c(oc4ccccc4c3=O)C(=O)N2c2ccc(C)c(Cl)c2)cc1OCC. The normalized spacial score (nSPS) is 14.7. The number of benzene rings is 3. The zero-order valence-electron chi connectivity index (χ0n) is 19.9. The topological polar surface area (TPSA) is 69.0 Å². The van der Waals surface area contributed by atoms with E-state index in [4.69, 9.17) is 25.5 Å². The van der Waals surface area contributed by atoms with Gasteiger partial charge in [0.25, 0.3) is 5.91 Å². The molecule has 1 unspecified atom stereocenters. The first kappa shape index (κ1) is 23.7. The van der Waals surface area contributed by atoms with Crippen molar-refractivity contribution in [2.45, 2.75) is 19.9 Å². The molecule has 1 atom stereocenters. The Balaban J connectivity index is 1.76. The minimum absolute atomic E-state index is 0.0188. The Kier molecular flexibility index (Phi) is 6.29. The number of halogens is 1. The molecule has 0 radical (unpaired) electrons. The molecule has 36 heavy (non-hydrogen) atoms. The first-order chi connectivity index (χ1) is 17.4. The highest BCUT2D eigenvalue weighted by molar-refractivity contribution is 6.31. The van der Waals surface area contributed by atoms with E-state index in [1.807, 2.05) is 32.0 Å². The van der Waals surface area contributed by atoms with Crippen LogP contribution in [0.25, 0.3) is 11.0 Å². The standard InChI is InChI=1S/C29H24ClNO5/c1-4-14-35-23-13-11-18(15-24(23)34-5-2)26-25-27(32)20-8-6-7-9-22(20)36-28(25)29(33)31(26)19-12-10-17(3)21(30)16-19/h4,6-13,15-16,26H,1,5,14H2,2-3H3. The van der Waals surface area contributed by atoms with Crippen LogP contribution in [0.15, 0.2) is 82.5 Å². The van der Waals surface area contributed by atoms with Gasteiger partial charge in [0, 0.05) is 10.7 Å². The molecule has 182 valence electrons. The van der Waals surface area contributed by atoms with E-state index in [1.165, 1.54) is 0 Å². The van der Waals surface area contributed by atoms with Gasteiger partial charge < -0.3 is 13.9 Å². The average molecular weight is 502 g/mol. The van der Waals surface area contributed by atoms with Crippen LogP contribution in [-0.4, -0.2) is 19.1 Å². The van der Waals surface area contributed by atoms with Crippen LogP contribution in [0, 0.1) is 6.92 Å². The Hall–Kier alpha value is -4.03. The molecule has 1 aromatic heterocycles. The molecule has 4 aromatic rings. The fraction of sp³-hybridized carbons (Fsp3) is 0.172. The number of amides is 1. The molecule has 2 heterocycles. The highest BCUT2D eigenvalue weighted by Crippen LogP contribution is 2.44. The number of aryl methyl sites for hydroxylation is 1. The number of hydrogen-bond acceptors (Lipinski definition) is 5. The number of anilines is 1. The summed E-state index contributed by atoms with van der Waals surface area (Å²) in [5.74, 6) is 0.651. The molecule has 5 rings (SSSR count). The number of para-hydroxylation sites is 1. The van der Waals surface area contributed by atoms with Gasteiger partial charge in [0.05, 0.1) is 23.6 Å². The quantitative estimate of drug-likeness (QED) is 0.271. The van der Waals surface area contributed by atoms with E-state index >= 15 is 0 Å². The van der Waals surface area contributed by atoms with Crippen molar-refractivity contribution in [3.63, 3.8) is 0 Å². The van der Waals surface area contributed by atoms with E-state index < -0.39 is 11.9 Å². The van der Waals surface area contributed by atoms with Crippen LogP contribution >= 0.6 is 11.6 Å². The van der Waals surface area contributed by atoms with Crippen LogP contribution in [-0.2, 0) is 0 Å². The molecule has 0 saturated carbocycles. The van der Waals surface area contributed by atoms with Gasteiger partial charge in [-0.3, -0.25) is 14.5 Å². The predicted molar refractivity (Wildman–Crippen MR) is 141 cm³/mol. The maximum absolute atomic E-state index is 13.8. The van der Waals surface area contributed by atoms with Crippen LogP contribution in [0.5, 0.6) is 11.5 Å². The fourth-order valence-electron chi connectivity index (χ4n) is 4.46. The van der Waals surface area contributed by atoms with Crippen molar-refractivity contribution >= 4 is 34.2 Å². The lowest BCUT2D eigenvalue weighted by Crippen LogP contribution is -2.29. The van der Waals surface area contributed by atoms with Crippen molar-refractivity contribution in [3.8, 4) is 11.5 Å². The van der Waals surface area contributed by atoms with Crippen LogP contribution in [0.2, 0.25) is 5.02 Å². The number of hydrogen-bond donors (Lipinski definition) is 0. The Labute approximate surface area is 213 Å². The number of nitrogens with zero attached hydrogens (tertiary/aromatic N) is 1. The molecular formula is C29H24ClNO5. The van der Waals surface area contributed by atoms with Crippen LogP contribution in [0.3, 0.4) is 0 Å². The second-order valence-corrected chi connectivity index (χ2v) is 8.83. The Morgan fingerprint density at radius 2 is 1.86 bits per heavy atom. The van der Waals surface area contributed by atoms with E-state index in [0.717, 1.165) is 5.56 Å². The molecule has 0 saturated heterocycles. The monoisotopic (exact) mass is 501 g/mol. The summed E-state index contributed by atoms with van der Waals surface area (Å²) in [6, 6.07) is 16.9. The molecule has 7 heteroatoms. The van der Waals surface area contributed by atoms with Crippen LogP contribution in [0.1, 0.15) is 40.2 Å². The first-order valence-corrected chi connectivity index (χ1v) is 12.0. The Morgan fingerprint density at radius 1 is 1.06 bits per heavy atom. The second-order valence-electron chi connectivity index (χ2n) is 8.42. The number of carbonyl (C=O) groups excluding carboxylic acids is 1. The van der Waals surface area contributed by atoms with Gasteiger partial charge in [0.2, 0.25) is 5.76 Å². The third-order valence-electron chi connectivity index (χ3n) is 6.15. The lowest BCUT2D eigenvalue weighted by Gasteiger charge is -2.26. The maximum atomic E-state index is 13.8. The van der Waals surface area contributed by atoms with Gasteiger partial charge in [-0.25, -0.2) is 0 Å². The summed E-state index contributed by atoms with van der Waals surface area (Å²) in [6.45, 7) is 8.18. The first-order valence-electron chi connectivity index (χ1n) is 11.6. The van der Waals surface area contributed by atoms with Crippen molar-refractivity contribution in [3.05, 3.63) is 111 Å². The van der Waals surface area contributed by atoms with Gasteiger partial charge in [-0.2, -0.15) is 0 Å². The minimum atomic E-state index is -0.750. The number of ether oxygens (including phenoxy) is 2. The van der Waals surface area contributed by atoms with Gasteiger partial charge >= 0.3 is 0 Å². The van der Waals surface area contributed by atoms with Gasteiger partial charge in [-0.15, -0.1) is 0 Å². The average Bonchev–Trinajstić information content (AvgIpc) is 3.17. The predicted octanol–water partition coefficient (Wildman–Crippen LogP) is 6.47. The summed E-state index contributed by atoms with van der Waals surface area (Å²) in [4.78, 5) is 29.1. The molecule has 0 N–H and O–H groups in total. The summed E-state index contributed by atoms with van der Waals surface area (Å²) in [6.07, 6.45) is 1.65. The van der Waals surface area contributed by atoms with Crippen molar-refractivity contribution in [1.82, 2.24) is 0 Å². The molecule has 3 aromatic carbocycles. The summed E-state index contributed by atoms with van der Waals surface area (Å²) in [7, 11) is 0. The lowest BCUT2D eigenvalue weighted by atomic mass is 9.97. The van der Waals surface area contributed by atoms with Crippen LogP contribution in [0.4, 0.5) is 5.69 Å². The Morgan fingerprint density at radius 3 is 2.61 bits per heavy atom. The molecule has 1 aliphatic rings. The molecule has 1 amide bonds. The third-order valence-corrected chi connectivity index (χ3v) is 6.56. The van der Waals surface area contributed by atoms with Gasteiger partial charge in [-0.1, -0.05) is 48.5 Å². The molecular weight excluding hydrogens is 478 g/mol. The van der Waals surface area contributed by atoms with Crippen LogP contribution < -0.4 is 19.8 Å². The van der Waals surface area contributed by atoms with Gasteiger partial charge in [0.1, 0.15) is 12.2 Å². The highest BCUT2D eigenvalue weighted by atomic mass is 35.5. The molecule has 0 fully saturated rings. The maximum Gasteiger partial charge on any atom is 0.295 e. The van der Waals surface area contributed by atoms with E-state index in [9.17, 15) is 9.59 Å². The fourth-order valence-corrected chi connectivity index (χ4v) is 4.64. The van der Waals surface area contributed by atoms with E-state index in [0.29, 0.717) is 52.0 Å². The zero-order valence-corrected chi connectivity index (χ0v) is 20.7. The van der Waals surface area contributed by atoms with Crippen molar-refractivity contribution in [2.75, 3.05) is 18.1 Å². The summed E-state index contributed by atoms with van der Waals surface area (Å²) in [5.41, 5.74) is 2.49. The second kappa shape index (κ2) is 9.55. The van der Waals surface area contributed by atoms with Crippen molar-refractivity contribution < 1.29 is 18.7 Å². The van der Waals surface area contributed by atoms with Gasteiger partial charge in [0.15, 0.2) is 16.9 Å². The summed E-state index contributed by atoms with van der Waals surface area (Å²) < 4.78 is 17.6. The summed E-state index contributed by atoms with van der Waals surface area (Å²) >= 11 is 6.43. The molecule has 0 aliphatic carbocycles. The van der Waals surface area contributed by atoms with Gasteiger partial charge in [-0.05, 0) is 61.4 Å². The molecule has 0 bridgehead atoms. The highest BCUT2D eigenvalue weighted by Gasteiger charge is 2.44. The van der Waals surface area contributed by atoms with Crippen molar-refractivity contribution in [1.29, 1.82) is 0 Å². The summed E-state index contributed by atoms with van der Waals surface area (Å²) in [5, 5.41) is 0.927. The van der Waals surface area contributed by atoms with E-state index in [2.05, 4.69) is 6.58 Å². The van der Waals surface area contributed by atoms with E-state index in [1.54, 1.807) is 53.4 Å². The number of rotatable bonds is 7. The Bertz CT molecular complexity index is 1560. The van der Waals surface area contributed by atoms with Crippen molar-refractivity contribution in [2.24, 2.45) is 0 Å². The largest absolute Gasteiger partial charge is 0.490 e.